The molecule has 6 aromatic rings. The summed E-state index contributed by atoms with van der Waals surface area (Å²) in [4.78, 5) is 28.7. The number of thiophene rings is 1. The maximum atomic E-state index is 11.8. The van der Waals surface area contributed by atoms with Crippen molar-refractivity contribution in [2.45, 2.75) is 13.5 Å². The Balaban J connectivity index is 1.43. The number of nitrogens with one attached hydrogen (secondary N) is 2. The number of aromatic amines is 2. The Bertz CT molecular complexity index is 1740. The maximum absolute atomic E-state index is 11.8. The molecular formula is C28H24N6OS. The first kappa shape index (κ1) is 22.3. The van der Waals surface area contributed by atoms with E-state index in [1.807, 2.05) is 56.8 Å². The molecule has 0 saturated carbocycles. The summed E-state index contributed by atoms with van der Waals surface area (Å²) in [6.07, 6.45) is 3.74. The van der Waals surface area contributed by atoms with Gasteiger partial charge in [0, 0.05) is 45.8 Å². The Kier molecular flexibility index (Phi) is 5.47. The molecule has 5 aromatic heterocycles. The second-order valence-electron chi connectivity index (χ2n) is 9.15. The number of fused-ring (bicyclic) bond motifs is 2. The summed E-state index contributed by atoms with van der Waals surface area (Å²) < 4.78 is 0. The Hall–Kier alpha value is -4.14. The molecule has 2 N–H and O–H groups in total. The van der Waals surface area contributed by atoms with E-state index in [-0.39, 0.29) is 5.78 Å². The lowest BCUT2D eigenvalue weighted by Gasteiger charge is -2.10. The van der Waals surface area contributed by atoms with Gasteiger partial charge in [-0.25, -0.2) is 4.98 Å². The van der Waals surface area contributed by atoms with Crippen LogP contribution in [0, 0.1) is 0 Å². The van der Waals surface area contributed by atoms with Crippen molar-refractivity contribution in [1.82, 2.24) is 30.0 Å². The summed E-state index contributed by atoms with van der Waals surface area (Å²) in [7, 11) is 4.09. The van der Waals surface area contributed by atoms with E-state index in [1.54, 1.807) is 6.92 Å². The van der Waals surface area contributed by atoms with Crippen LogP contribution in [-0.4, -0.2) is 49.9 Å². The predicted molar refractivity (Wildman–Crippen MR) is 145 cm³/mol. The van der Waals surface area contributed by atoms with E-state index in [1.165, 1.54) is 11.3 Å². The Labute approximate surface area is 211 Å². The largest absolute Gasteiger partial charge is 0.353 e. The number of carbonyl (C=O) groups is 1. The molecule has 0 aliphatic rings. The van der Waals surface area contributed by atoms with Gasteiger partial charge in [0.05, 0.1) is 21.8 Å². The number of hydrogen-bond acceptors (Lipinski definition) is 6. The van der Waals surface area contributed by atoms with E-state index >= 15 is 0 Å². The minimum Gasteiger partial charge on any atom is -0.353 e. The number of aromatic nitrogens is 5. The fraction of sp³-hybridized carbons (Fsp3) is 0.143. The van der Waals surface area contributed by atoms with Gasteiger partial charge in [0.1, 0.15) is 11.2 Å². The van der Waals surface area contributed by atoms with Crippen LogP contribution in [0.3, 0.4) is 0 Å². The van der Waals surface area contributed by atoms with Gasteiger partial charge in [-0.15, -0.1) is 11.3 Å². The van der Waals surface area contributed by atoms with Crippen LogP contribution in [0.1, 0.15) is 22.2 Å². The number of carbonyl (C=O) groups excluding carboxylic acids is 1. The van der Waals surface area contributed by atoms with Crippen LogP contribution in [0.4, 0.5) is 0 Å². The van der Waals surface area contributed by atoms with Gasteiger partial charge in [0.2, 0.25) is 0 Å². The zero-order valence-electron chi connectivity index (χ0n) is 20.2. The number of benzene rings is 1. The second-order valence-corrected chi connectivity index (χ2v) is 10.2. The average molecular weight is 493 g/mol. The number of nitrogens with zero attached hydrogens (tertiary/aromatic N) is 4. The summed E-state index contributed by atoms with van der Waals surface area (Å²) in [5.41, 5.74) is 8.38. The molecule has 0 radical (unpaired) electrons. The highest BCUT2D eigenvalue weighted by atomic mass is 32.1. The first-order valence-electron chi connectivity index (χ1n) is 11.6. The quantitative estimate of drug-likeness (QED) is 0.272. The zero-order chi connectivity index (χ0) is 24.8. The molecule has 0 fully saturated rings. The van der Waals surface area contributed by atoms with Gasteiger partial charge in [0.15, 0.2) is 5.78 Å². The molecule has 6 rings (SSSR count). The smallest absolute Gasteiger partial charge is 0.169 e. The second kappa shape index (κ2) is 8.82. The summed E-state index contributed by atoms with van der Waals surface area (Å²) in [6.45, 7) is 2.42. The number of Topliss-reactive ketones (excluding diaryl/α,β-unsaturated/α-hetero) is 1. The van der Waals surface area contributed by atoms with Crippen molar-refractivity contribution in [2.24, 2.45) is 0 Å². The molecule has 7 nitrogen and oxygen atoms in total. The van der Waals surface area contributed by atoms with Crippen LogP contribution in [-0.2, 0) is 6.54 Å². The summed E-state index contributed by atoms with van der Waals surface area (Å²) in [5, 5.41) is 8.80. The number of hydrogen-bond donors (Lipinski definition) is 2. The molecule has 178 valence electrons. The lowest BCUT2D eigenvalue weighted by molar-refractivity contribution is 0.102. The van der Waals surface area contributed by atoms with Crippen LogP contribution in [0.5, 0.6) is 0 Å². The molecule has 0 spiro atoms. The van der Waals surface area contributed by atoms with Gasteiger partial charge in [-0.1, -0.05) is 12.1 Å². The molecule has 5 heterocycles. The SMILES string of the molecule is CC(=O)c1ccc(-c2cccc3[nH]c(-c4n[nH]c5ccc(-c6cncc(CN(C)C)c6)nc45)cc23)s1. The molecule has 0 unspecified atom stereocenters. The predicted octanol–water partition coefficient (Wildman–Crippen LogP) is 6.16. The normalized spacial score (nSPS) is 11.7. The minimum atomic E-state index is 0.0838. The molecule has 36 heavy (non-hydrogen) atoms. The monoisotopic (exact) mass is 492 g/mol. The van der Waals surface area contributed by atoms with Crippen molar-refractivity contribution in [3.63, 3.8) is 0 Å². The van der Waals surface area contributed by atoms with E-state index in [2.05, 4.69) is 49.3 Å². The Morgan fingerprint density at radius 2 is 1.92 bits per heavy atom. The Morgan fingerprint density at radius 3 is 2.72 bits per heavy atom. The van der Waals surface area contributed by atoms with Crippen molar-refractivity contribution >= 4 is 39.1 Å². The molecule has 0 amide bonds. The van der Waals surface area contributed by atoms with E-state index in [9.17, 15) is 4.79 Å². The van der Waals surface area contributed by atoms with Crippen molar-refractivity contribution < 1.29 is 4.79 Å². The summed E-state index contributed by atoms with van der Waals surface area (Å²) in [5.74, 6) is 0.0838. The van der Waals surface area contributed by atoms with Crippen molar-refractivity contribution in [2.75, 3.05) is 14.1 Å². The minimum absolute atomic E-state index is 0.0838. The van der Waals surface area contributed by atoms with E-state index in [0.29, 0.717) is 0 Å². The summed E-state index contributed by atoms with van der Waals surface area (Å²) in [6, 6.07) is 18.3. The van der Waals surface area contributed by atoms with Gasteiger partial charge >= 0.3 is 0 Å². The fourth-order valence-corrected chi connectivity index (χ4v) is 5.44. The molecule has 1 aromatic carbocycles. The summed E-state index contributed by atoms with van der Waals surface area (Å²) >= 11 is 1.52. The highest BCUT2D eigenvalue weighted by molar-refractivity contribution is 7.17. The third-order valence-electron chi connectivity index (χ3n) is 6.13. The van der Waals surface area contributed by atoms with Crippen LogP contribution < -0.4 is 0 Å². The van der Waals surface area contributed by atoms with Crippen molar-refractivity contribution in [3.8, 4) is 33.1 Å². The maximum Gasteiger partial charge on any atom is 0.169 e. The van der Waals surface area contributed by atoms with E-state index in [0.717, 1.165) is 72.0 Å². The molecule has 0 aliphatic heterocycles. The van der Waals surface area contributed by atoms with Crippen LogP contribution in [0.25, 0.3) is 55.0 Å². The molecule has 0 aliphatic carbocycles. The molecule has 0 atom stereocenters. The number of H-pyrrole nitrogens is 2. The fourth-order valence-electron chi connectivity index (χ4n) is 4.50. The van der Waals surface area contributed by atoms with Crippen LogP contribution in [0.2, 0.25) is 0 Å². The van der Waals surface area contributed by atoms with Crippen LogP contribution >= 0.6 is 11.3 Å². The van der Waals surface area contributed by atoms with Crippen molar-refractivity contribution in [3.05, 3.63) is 77.4 Å². The standard InChI is InChI=1S/C28H24N6OS/c1-16(35)25-9-10-26(36-25)19-5-4-6-22-20(19)12-24(30-22)28-27-23(32-33-28)8-7-21(31-27)18-11-17(13-29-14-18)15-34(2)3/h4-14,30H,15H2,1-3H3,(H,32,33). The van der Waals surface area contributed by atoms with Gasteiger partial charge in [0.25, 0.3) is 0 Å². The van der Waals surface area contributed by atoms with Crippen molar-refractivity contribution in [1.29, 1.82) is 0 Å². The van der Waals surface area contributed by atoms with Gasteiger partial charge < -0.3 is 9.88 Å². The average Bonchev–Trinajstić information content (AvgIpc) is 3.60. The first-order chi connectivity index (χ1) is 17.5. The third kappa shape index (κ3) is 4.00. The molecule has 8 heteroatoms. The molecular weight excluding hydrogens is 468 g/mol. The molecule has 0 saturated heterocycles. The Morgan fingerprint density at radius 1 is 1.03 bits per heavy atom. The zero-order valence-corrected chi connectivity index (χ0v) is 21.0. The highest BCUT2D eigenvalue weighted by Gasteiger charge is 2.16. The highest BCUT2D eigenvalue weighted by Crippen LogP contribution is 2.37. The third-order valence-corrected chi connectivity index (χ3v) is 7.35. The lowest BCUT2D eigenvalue weighted by atomic mass is 10.1. The number of rotatable bonds is 6. The van der Waals surface area contributed by atoms with Gasteiger partial charge in [-0.2, -0.15) is 5.10 Å². The van der Waals surface area contributed by atoms with E-state index < -0.39 is 0 Å². The number of ketones is 1. The molecule has 0 bridgehead atoms. The van der Waals surface area contributed by atoms with Crippen LogP contribution in [0.15, 0.2) is 67.0 Å². The van der Waals surface area contributed by atoms with Gasteiger partial charge in [-0.05, 0) is 69.0 Å². The first-order valence-corrected chi connectivity index (χ1v) is 12.5. The number of pyridine rings is 2. The van der Waals surface area contributed by atoms with E-state index in [4.69, 9.17) is 4.98 Å². The lowest BCUT2D eigenvalue weighted by Crippen LogP contribution is -2.10. The topological polar surface area (TPSA) is 90.6 Å². The van der Waals surface area contributed by atoms with Gasteiger partial charge in [-0.3, -0.25) is 14.9 Å².